The summed E-state index contributed by atoms with van der Waals surface area (Å²) in [6, 6.07) is 6.16. The number of benzene rings is 1. The molecule has 2 rings (SSSR count). The number of aliphatic hydroxyl groups is 1. The lowest BCUT2D eigenvalue weighted by Gasteiger charge is -2.11. The van der Waals surface area contributed by atoms with Crippen LogP contribution in [0.3, 0.4) is 0 Å². The molecular formula is C11H13BrO. The lowest BCUT2D eigenvalue weighted by atomic mass is 10.0. The van der Waals surface area contributed by atoms with Crippen molar-refractivity contribution in [1.82, 2.24) is 0 Å². The molecule has 0 unspecified atom stereocenters. The van der Waals surface area contributed by atoms with Crippen molar-refractivity contribution in [2.24, 2.45) is 0 Å². The lowest BCUT2D eigenvalue weighted by molar-refractivity contribution is 0.151. The highest BCUT2D eigenvalue weighted by Gasteiger charge is 2.40. The average Bonchev–Trinajstić information content (AvgIpc) is 2.78. The number of hydrogen-bond acceptors (Lipinski definition) is 1. The molecule has 13 heavy (non-hydrogen) atoms. The van der Waals surface area contributed by atoms with Crippen LogP contribution in [0.5, 0.6) is 0 Å². The second-order valence-electron chi connectivity index (χ2n) is 3.93. The molecule has 1 nitrogen and oxygen atoms in total. The zero-order chi connectivity index (χ0) is 9.47. The summed E-state index contributed by atoms with van der Waals surface area (Å²) in [5.41, 5.74) is 2.13. The highest BCUT2D eigenvalue weighted by atomic mass is 79.9. The van der Waals surface area contributed by atoms with Gasteiger partial charge < -0.3 is 5.11 Å². The first-order valence-corrected chi connectivity index (χ1v) is 5.36. The maximum Gasteiger partial charge on any atom is 0.0690 e. The van der Waals surface area contributed by atoms with Gasteiger partial charge >= 0.3 is 0 Å². The van der Waals surface area contributed by atoms with E-state index in [9.17, 15) is 5.11 Å². The van der Waals surface area contributed by atoms with Crippen LogP contribution >= 0.6 is 15.9 Å². The largest absolute Gasteiger partial charge is 0.390 e. The normalized spacial score (nSPS) is 18.7. The van der Waals surface area contributed by atoms with Crippen molar-refractivity contribution in [3.05, 3.63) is 33.8 Å². The van der Waals surface area contributed by atoms with Crippen LogP contribution in [0.1, 0.15) is 24.0 Å². The predicted molar refractivity (Wildman–Crippen MR) is 56.8 cm³/mol. The maximum absolute atomic E-state index is 9.78. The van der Waals surface area contributed by atoms with E-state index in [2.05, 4.69) is 28.9 Å². The monoisotopic (exact) mass is 240 g/mol. The minimum atomic E-state index is -0.383. The zero-order valence-corrected chi connectivity index (χ0v) is 9.26. The smallest absolute Gasteiger partial charge is 0.0690 e. The van der Waals surface area contributed by atoms with Crippen LogP contribution in [-0.2, 0) is 6.42 Å². The molecule has 1 saturated carbocycles. The highest BCUT2D eigenvalue weighted by molar-refractivity contribution is 9.10. The summed E-state index contributed by atoms with van der Waals surface area (Å²) >= 11 is 3.49. The highest BCUT2D eigenvalue weighted by Crippen LogP contribution is 2.39. The van der Waals surface area contributed by atoms with Gasteiger partial charge in [-0.3, -0.25) is 0 Å². The summed E-state index contributed by atoms with van der Waals surface area (Å²) in [5, 5.41) is 9.78. The molecule has 1 fully saturated rings. The Morgan fingerprint density at radius 1 is 1.46 bits per heavy atom. The summed E-state index contributed by atoms with van der Waals surface area (Å²) in [4.78, 5) is 0. The summed E-state index contributed by atoms with van der Waals surface area (Å²) in [7, 11) is 0. The van der Waals surface area contributed by atoms with Crippen LogP contribution in [0.2, 0.25) is 0 Å². The van der Waals surface area contributed by atoms with Crippen LogP contribution in [0.15, 0.2) is 22.7 Å². The minimum Gasteiger partial charge on any atom is -0.390 e. The maximum atomic E-state index is 9.78. The molecule has 0 spiro atoms. The fourth-order valence-corrected chi connectivity index (χ4v) is 1.93. The van der Waals surface area contributed by atoms with Crippen molar-refractivity contribution in [3.63, 3.8) is 0 Å². The van der Waals surface area contributed by atoms with Crippen LogP contribution in [0, 0.1) is 6.92 Å². The average molecular weight is 241 g/mol. The number of rotatable bonds is 2. The molecule has 2 heteroatoms. The van der Waals surface area contributed by atoms with Gasteiger partial charge in [0.05, 0.1) is 5.60 Å². The molecule has 0 radical (unpaired) electrons. The summed E-state index contributed by atoms with van der Waals surface area (Å²) in [6.07, 6.45) is 2.72. The SMILES string of the molecule is Cc1c(Br)cccc1CC1(O)CC1. The van der Waals surface area contributed by atoms with Gasteiger partial charge in [0.25, 0.3) is 0 Å². The van der Waals surface area contributed by atoms with Gasteiger partial charge in [0.2, 0.25) is 0 Å². The van der Waals surface area contributed by atoms with Crippen molar-refractivity contribution >= 4 is 15.9 Å². The molecule has 1 aliphatic rings. The lowest BCUT2D eigenvalue weighted by Crippen LogP contribution is -2.11. The van der Waals surface area contributed by atoms with Crippen LogP contribution < -0.4 is 0 Å². The zero-order valence-electron chi connectivity index (χ0n) is 7.68. The van der Waals surface area contributed by atoms with Crippen molar-refractivity contribution in [3.8, 4) is 0 Å². The van der Waals surface area contributed by atoms with Gasteiger partial charge in [-0.15, -0.1) is 0 Å². The van der Waals surface area contributed by atoms with Crippen LogP contribution in [0.4, 0.5) is 0 Å². The summed E-state index contributed by atoms with van der Waals surface area (Å²) in [5.74, 6) is 0. The van der Waals surface area contributed by atoms with Crippen LogP contribution in [0.25, 0.3) is 0 Å². The third-order valence-corrected chi connectivity index (χ3v) is 3.59. The van der Waals surface area contributed by atoms with E-state index in [1.54, 1.807) is 0 Å². The molecular weight excluding hydrogens is 228 g/mol. The van der Waals surface area contributed by atoms with Gasteiger partial charge in [0.15, 0.2) is 0 Å². The van der Waals surface area contributed by atoms with E-state index in [-0.39, 0.29) is 5.60 Å². The van der Waals surface area contributed by atoms with Gasteiger partial charge in [-0.2, -0.15) is 0 Å². The fourth-order valence-electron chi connectivity index (χ4n) is 1.52. The minimum absolute atomic E-state index is 0.383. The van der Waals surface area contributed by atoms with Gasteiger partial charge in [-0.05, 0) is 37.0 Å². The molecule has 70 valence electrons. The third kappa shape index (κ3) is 1.94. The van der Waals surface area contributed by atoms with E-state index < -0.39 is 0 Å². The summed E-state index contributed by atoms with van der Waals surface area (Å²) < 4.78 is 1.13. The standard InChI is InChI=1S/C11H13BrO/c1-8-9(3-2-4-10(8)12)7-11(13)5-6-11/h2-4,13H,5-7H2,1H3. The Morgan fingerprint density at radius 3 is 2.77 bits per heavy atom. The molecule has 1 aliphatic carbocycles. The second-order valence-corrected chi connectivity index (χ2v) is 4.78. The van der Waals surface area contributed by atoms with E-state index >= 15 is 0 Å². The van der Waals surface area contributed by atoms with Gasteiger partial charge in [0, 0.05) is 10.9 Å². The van der Waals surface area contributed by atoms with Crippen molar-refractivity contribution in [1.29, 1.82) is 0 Å². The van der Waals surface area contributed by atoms with E-state index in [0.29, 0.717) is 0 Å². The Hall–Kier alpha value is -0.340. The molecule has 0 heterocycles. The molecule has 0 amide bonds. The first-order chi connectivity index (χ1) is 6.11. The molecule has 0 atom stereocenters. The van der Waals surface area contributed by atoms with E-state index in [4.69, 9.17) is 0 Å². The molecule has 0 aliphatic heterocycles. The fraction of sp³-hybridized carbons (Fsp3) is 0.455. The van der Waals surface area contributed by atoms with Crippen molar-refractivity contribution in [2.75, 3.05) is 0 Å². The van der Waals surface area contributed by atoms with Gasteiger partial charge in [-0.25, -0.2) is 0 Å². The molecule has 1 aromatic carbocycles. The molecule has 0 aromatic heterocycles. The molecule has 0 bridgehead atoms. The number of hydrogen-bond donors (Lipinski definition) is 1. The van der Waals surface area contributed by atoms with Crippen LogP contribution in [-0.4, -0.2) is 10.7 Å². The first kappa shape index (κ1) is 9.22. The Labute approximate surface area is 86.9 Å². The van der Waals surface area contributed by atoms with Gasteiger partial charge in [-0.1, -0.05) is 28.1 Å². The molecule has 0 saturated heterocycles. The van der Waals surface area contributed by atoms with E-state index in [1.165, 1.54) is 11.1 Å². The third-order valence-electron chi connectivity index (χ3n) is 2.73. The van der Waals surface area contributed by atoms with E-state index in [0.717, 1.165) is 23.7 Å². The molecule has 1 aromatic rings. The Morgan fingerprint density at radius 2 is 2.15 bits per heavy atom. The molecule has 1 N–H and O–H groups in total. The van der Waals surface area contributed by atoms with Crippen molar-refractivity contribution < 1.29 is 5.11 Å². The quantitative estimate of drug-likeness (QED) is 0.844. The topological polar surface area (TPSA) is 20.2 Å². The first-order valence-electron chi connectivity index (χ1n) is 4.57. The Bertz CT molecular complexity index is 329. The second kappa shape index (κ2) is 3.10. The van der Waals surface area contributed by atoms with Gasteiger partial charge in [0.1, 0.15) is 0 Å². The Balaban J connectivity index is 2.25. The Kier molecular flexibility index (Phi) is 2.20. The van der Waals surface area contributed by atoms with E-state index in [1.807, 2.05) is 12.1 Å². The predicted octanol–water partition coefficient (Wildman–Crippen LogP) is 2.82. The summed E-state index contributed by atoms with van der Waals surface area (Å²) in [6.45, 7) is 2.09. The van der Waals surface area contributed by atoms with Crippen molar-refractivity contribution in [2.45, 2.75) is 31.8 Å². The number of halogens is 1.